The number of nitrogens with one attached hydrogen (secondary N) is 1. The summed E-state index contributed by atoms with van der Waals surface area (Å²) in [4.78, 5) is 14.6. The van der Waals surface area contributed by atoms with E-state index in [1.165, 1.54) is 36.2 Å². The zero-order chi connectivity index (χ0) is 15.3. The van der Waals surface area contributed by atoms with E-state index in [1.807, 2.05) is 0 Å². The second-order valence-electron chi connectivity index (χ2n) is 6.08. The fourth-order valence-corrected chi connectivity index (χ4v) is 4.34. The van der Waals surface area contributed by atoms with Gasteiger partial charge in [-0.05, 0) is 38.8 Å². The standard InChI is InChI=1S/C14H27N3O3S/c1-21(19,20)17-11-6-7-13(17)14(18)15-8-12-16-9-4-2-3-5-10-16/h13H,2-12H2,1H3,(H,15,18)/t13-/m0/s1. The maximum absolute atomic E-state index is 12.2. The molecule has 2 rings (SSSR count). The Kier molecular flexibility index (Phi) is 6.01. The number of nitrogens with zero attached hydrogens (tertiary/aromatic N) is 2. The van der Waals surface area contributed by atoms with E-state index >= 15 is 0 Å². The second kappa shape index (κ2) is 7.56. The average Bonchev–Trinajstić information content (AvgIpc) is 2.78. The van der Waals surface area contributed by atoms with Crippen molar-refractivity contribution in [2.45, 2.75) is 44.6 Å². The number of hydrogen-bond acceptors (Lipinski definition) is 4. The van der Waals surface area contributed by atoms with Crippen LogP contribution in [0.4, 0.5) is 0 Å². The largest absolute Gasteiger partial charge is 0.353 e. The minimum Gasteiger partial charge on any atom is -0.353 e. The van der Waals surface area contributed by atoms with Crippen molar-refractivity contribution in [3.8, 4) is 0 Å². The van der Waals surface area contributed by atoms with E-state index in [-0.39, 0.29) is 5.91 Å². The molecule has 1 atom stereocenters. The summed E-state index contributed by atoms with van der Waals surface area (Å²) in [5, 5.41) is 2.91. The van der Waals surface area contributed by atoms with Gasteiger partial charge >= 0.3 is 0 Å². The van der Waals surface area contributed by atoms with Crippen LogP contribution in [0.15, 0.2) is 0 Å². The van der Waals surface area contributed by atoms with Crippen LogP contribution in [0.3, 0.4) is 0 Å². The Labute approximate surface area is 127 Å². The van der Waals surface area contributed by atoms with E-state index in [1.54, 1.807) is 0 Å². The molecule has 0 radical (unpaired) electrons. The number of sulfonamides is 1. The predicted molar refractivity (Wildman–Crippen MR) is 82.5 cm³/mol. The molecule has 2 aliphatic heterocycles. The fraction of sp³-hybridized carbons (Fsp3) is 0.929. The van der Waals surface area contributed by atoms with Crippen molar-refractivity contribution in [1.29, 1.82) is 0 Å². The van der Waals surface area contributed by atoms with Gasteiger partial charge in [0.1, 0.15) is 6.04 Å². The molecule has 1 N–H and O–H groups in total. The van der Waals surface area contributed by atoms with Crippen LogP contribution >= 0.6 is 0 Å². The minimum absolute atomic E-state index is 0.146. The van der Waals surface area contributed by atoms with Gasteiger partial charge in [-0.2, -0.15) is 4.31 Å². The lowest BCUT2D eigenvalue weighted by Crippen LogP contribution is -2.47. The summed E-state index contributed by atoms with van der Waals surface area (Å²) in [5.41, 5.74) is 0. The van der Waals surface area contributed by atoms with E-state index in [0.717, 1.165) is 26.1 Å². The number of hydrogen-bond donors (Lipinski definition) is 1. The van der Waals surface area contributed by atoms with Gasteiger partial charge < -0.3 is 10.2 Å². The maximum Gasteiger partial charge on any atom is 0.238 e. The van der Waals surface area contributed by atoms with Crippen molar-refractivity contribution >= 4 is 15.9 Å². The van der Waals surface area contributed by atoms with Gasteiger partial charge in [-0.25, -0.2) is 8.42 Å². The first-order valence-electron chi connectivity index (χ1n) is 7.95. The van der Waals surface area contributed by atoms with E-state index in [2.05, 4.69) is 10.2 Å². The van der Waals surface area contributed by atoms with Crippen molar-refractivity contribution in [1.82, 2.24) is 14.5 Å². The summed E-state index contributed by atoms with van der Waals surface area (Å²) in [5.74, 6) is -0.146. The molecule has 0 spiro atoms. The molecule has 122 valence electrons. The van der Waals surface area contributed by atoms with Crippen LogP contribution in [0, 0.1) is 0 Å². The van der Waals surface area contributed by atoms with Gasteiger partial charge in [0, 0.05) is 19.6 Å². The second-order valence-corrected chi connectivity index (χ2v) is 8.01. The highest BCUT2D eigenvalue weighted by atomic mass is 32.2. The van der Waals surface area contributed by atoms with Gasteiger partial charge in [0.2, 0.25) is 15.9 Å². The van der Waals surface area contributed by atoms with Gasteiger partial charge in [-0.1, -0.05) is 12.8 Å². The summed E-state index contributed by atoms with van der Waals surface area (Å²) in [6, 6.07) is -0.510. The molecule has 7 heteroatoms. The molecule has 0 saturated carbocycles. The number of carbonyl (C=O) groups excluding carboxylic acids is 1. The number of amides is 1. The van der Waals surface area contributed by atoms with Crippen LogP contribution in [0.2, 0.25) is 0 Å². The van der Waals surface area contributed by atoms with E-state index in [4.69, 9.17) is 0 Å². The smallest absolute Gasteiger partial charge is 0.238 e. The third-order valence-corrected chi connectivity index (χ3v) is 5.65. The highest BCUT2D eigenvalue weighted by molar-refractivity contribution is 7.88. The molecule has 0 aromatic heterocycles. The van der Waals surface area contributed by atoms with E-state index in [0.29, 0.717) is 19.5 Å². The molecule has 21 heavy (non-hydrogen) atoms. The van der Waals surface area contributed by atoms with Crippen LogP contribution < -0.4 is 5.32 Å². The van der Waals surface area contributed by atoms with Gasteiger partial charge in [0.15, 0.2) is 0 Å². The zero-order valence-corrected chi connectivity index (χ0v) is 13.7. The molecule has 2 saturated heterocycles. The molecule has 2 aliphatic rings. The van der Waals surface area contributed by atoms with Crippen LogP contribution in [0.1, 0.15) is 38.5 Å². The third kappa shape index (κ3) is 4.93. The van der Waals surface area contributed by atoms with Crippen molar-refractivity contribution < 1.29 is 13.2 Å². The Hall–Kier alpha value is -0.660. The van der Waals surface area contributed by atoms with Crippen LogP contribution in [0.5, 0.6) is 0 Å². The summed E-state index contributed by atoms with van der Waals surface area (Å²) >= 11 is 0. The van der Waals surface area contributed by atoms with Crippen LogP contribution in [0.25, 0.3) is 0 Å². The maximum atomic E-state index is 12.2. The number of carbonyl (C=O) groups is 1. The van der Waals surface area contributed by atoms with E-state index < -0.39 is 16.1 Å². The van der Waals surface area contributed by atoms with Crippen molar-refractivity contribution in [2.24, 2.45) is 0 Å². The Balaban J connectivity index is 1.76. The molecule has 0 aromatic carbocycles. The molecule has 0 aromatic rings. The van der Waals surface area contributed by atoms with Crippen LogP contribution in [-0.4, -0.2) is 68.6 Å². The first kappa shape index (κ1) is 16.7. The summed E-state index contributed by atoms with van der Waals surface area (Å²) in [7, 11) is -3.28. The van der Waals surface area contributed by atoms with Gasteiger partial charge in [0.05, 0.1) is 6.26 Å². The van der Waals surface area contributed by atoms with Crippen molar-refractivity contribution in [3.63, 3.8) is 0 Å². The molecular weight excluding hydrogens is 290 g/mol. The summed E-state index contributed by atoms with van der Waals surface area (Å²) in [6.07, 6.45) is 7.63. The Morgan fingerprint density at radius 3 is 2.38 bits per heavy atom. The molecule has 0 bridgehead atoms. The molecule has 0 unspecified atom stereocenters. The van der Waals surface area contributed by atoms with Crippen molar-refractivity contribution in [3.05, 3.63) is 0 Å². The first-order valence-corrected chi connectivity index (χ1v) is 9.80. The number of rotatable bonds is 5. The molecule has 2 heterocycles. The zero-order valence-electron chi connectivity index (χ0n) is 12.9. The molecule has 6 nitrogen and oxygen atoms in total. The SMILES string of the molecule is CS(=O)(=O)N1CCC[C@H]1C(=O)NCCN1CCCCCC1. The average molecular weight is 317 g/mol. The lowest BCUT2D eigenvalue weighted by atomic mass is 10.2. The Morgan fingerprint density at radius 2 is 1.76 bits per heavy atom. The molecule has 1 amide bonds. The molecule has 2 fully saturated rings. The normalized spacial score (nSPS) is 25.7. The van der Waals surface area contributed by atoms with Gasteiger partial charge in [-0.3, -0.25) is 4.79 Å². The first-order chi connectivity index (χ1) is 9.98. The van der Waals surface area contributed by atoms with Crippen LogP contribution in [-0.2, 0) is 14.8 Å². The highest BCUT2D eigenvalue weighted by Crippen LogP contribution is 2.20. The van der Waals surface area contributed by atoms with Gasteiger partial charge in [0.25, 0.3) is 0 Å². The molecular formula is C14H27N3O3S. The monoisotopic (exact) mass is 317 g/mol. The summed E-state index contributed by atoms with van der Waals surface area (Å²) < 4.78 is 24.6. The molecule has 0 aliphatic carbocycles. The lowest BCUT2D eigenvalue weighted by Gasteiger charge is -2.23. The Bertz CT molecular complexity index is 444. The number of likely N-dealkylation sites (tertiary alicyclic amines) is 1. The Morgan fingerprint density at radius 1 is 1.10 bits per heavy atom. The predicted octanol–water partition coefficient (Wildman–Crippen LogP) is 0.403. The fourth-order valence-electron chi connectivity index (χ4n) is 3.21. The highest BCUT2D eigenvalue weighted by Gasteiger charge is 2.36. The lowest BCUT2D eigenvalue weighted by molar-refractivity contribution is -0.124. The third-order valence-electron chi connectivity index (χ3n) is 4.36. The van der Waals surface area contributed by atoms with Gasteiger partial charge in [-0.15, -0.1) is 0 Å². The van der Waals surface area contributed by atoms with E-state index in [9.17, 15) is 13.2 Å². The minimum atomic E-state index is -3.28. The topological polar surface area (TPSA) is 69.7 Å². The summed E-state index contributed by atoms with van der Waals surface area (Å²) in [6.45, 7) is 4.14. The van der Waals surface area contributed by atoms with Crippen molar-refractivity contribution in [2.75, 3.05) is 39.0 Å². The quantitative estimate of drug-likeness (QED) is 0.797.